The average molecular weight is 535 g/mol. The van der Waals surface area contributed by atoms with E-state index < -0.39 is 29.4 Å². The van der Waals surface area contributed by atoms with Gasteiger partial charge in [-0.25, -0.2) is 0 Å². The van der Waals surface area contributed by atoms with E-state index in [4.69, 9.17) is 11.6 Å². The molecule has 0 fully saturated rings. The van der Waals surface area contributed by atoms with Gasteiger partial charge in [-0.3, -0.25) is 0 Å². The van der Waals surface area contributed by atoms with Crippen molar-refractivity contribution >= 4 is 41.0 Å². The Hall–Kier alpha value is 0.419. The van der Waals surface area contributed by atoms with E-state index in [1.165, 1.54) is 57.4 Å². The molecule has 0 aliphatic carbocycles. The maximum absolute atomic E-state index is 13.2. The molecule has 1 aromatic rings. The SMILES string of the molecule is CCC[CH2][Sn]([CH2]CCC)([CH2]CCC)[C@H](N[S@](=O)C(C)(C)C)c1ccc(Cl)cc1. The topological polar surface area (TPSA) is 29.1 Å². The van der Waals surface area contributed by atoms with Gasteiger partial charge in [-0.05, 0) is 0 Å². The van der Waals surface area contributed by atoms with Gasteiger partial charge in [-0.15, -0.1) is 0 Å². The fourth-order valence-electron chi connectivity index (χ4n) is 3.88. The second-order valence-electron chi connectivity index (χ2n) is 9.16. The van der Waals surface area contributed by atoms with Crippen LogP contribution in [0.5, 0.6) is 0 Å². The zero-order valence-corrected chi connectivity index (χ0v) is 23.4. The van der Waals surface area contributed by atoms with Crippen LogP contribution in [0.25, 0.3) is 0 Å². The van der Waals surface area contributed by atoms with Crippen LogP contribution in [-0.4, -0.2) is 27.3 Å². The summed E-state index contributed by atoms with van der Waals surface area (Å²) in [6, 6.07) is 8.36. The molecule has 0 amide bonds. The molecular weight excluding hydrogens is 492 g/mol. The number of halogens is 1. The zero-order chi connectivity index (χ0) is 21.2. The molecule has 0 heterocycles. The Balaban J connectivity index is 3.43. The molecule has 0 unspecified atom stereocenters. The van der Waals surface area contributed by atoms with Crippen molar-refractivity contribution in [3.63, 3.8) is 0 Å². The number of hydrogen-bond donors (Lipinski definition) is 1. The third kappa shape index (κ3) is 8.27. The molecule has 2 atom stereocenters. The molecule has 0 aromatic heterocycles. The van der Waals surface area contributed by atoms with E-state index in [2.05, 4.69) is 58.4 Å². The van der Waals surface area contributed by atoms with Crippen LogP contribution in [0.15, 0.2) is 24.3 Å². The van der Waals surface area contributed by atoms with Crippen molar-refractivity contribution in [2.24, 2.45) is 0 Å². The Labute approximate surface area is 186 Å². The molecule has 0 bridgehead atoms. The normalized spacial score (nSPS) is 14.8. The van der Waals surface area contributed by atoms with Crippen molar-refractivity contribution < 1.29 is 4.21 Å². The first-order valence-corrected chi connectivity index (χ1v) is 20.4. The van der Waals surface area contributed by atoms with Gasteiger partial charge in [0.1, 0.15) is 0 Å². The molecule has 1 aromatic carbocycles. The third-order valence-electron chi connectivity index (χ3n) is 5.68. The molecule has 28 heavy (non-hydrogen) atoms. The van der Waals surface area contributed by atoms with Crippen molar-refractivity contribution in [3.05, 3.63) is 34.9 Å². The van der Waals surface area contributed by atoms with Gasteiger partial charge in [-0.1, -0.05) is 0 Å². The summed E-state index contributed by atoms with van der Waals surface area (Å²) in [5.74, 6) is 0. The van der Waals surface area contributed by atoms with Crippen LogP contribution >= 0.6 is 11.6 Å². The second kappa shape index (κ2) is 13.0. The van der Waals surface area contributed by atoms with Crippen LogP contribution in [-0.2, 0) is 11.0 Å². The Morgan fingerprint density at radius 1 is 0.929 bits per heavy atom. The molecule has 0 saturated heterocycles. The Morgan fingerprint density at radius 2 is 1.36 bits per heavy atom. The predicted octanol–water partition coefficient (Wildman–Crippen LogP) is 7.82. The number of benzene rings is 1. The summed E-state index contributed by atoms with van der Waals surface area (Å²) in [6.07, 6.45) is 7.64. The van der Waals surface area contributed by atoms with Crippen LogP contribution in [0.4, 0.5) is 0 Å². The standard InChI is InChI=1S/C11H15ClNOS.3C4H9.Sn/c1-11(2,3)15(14)13-8-9-4-6-10(12)7-5-9;3*1-3-4-2;/h4-8,13H,1-3H3;3*1,3-4H2,2H3;/t15-;;;;/m1..../s1. The van der Waals surface area contributed by atoms with Gasteiger partial charge in [0.25, 0.3) is 0 Å². The molecule has 162 valence electrons. The molecule has 1 N–H and O–H groups in total. The summed E-state index contributed by atoms with van der Waals surface area (Å²) >= 11 is 3.51. The van der Waals surface area contributed by atoms with E-state index in [1.807, 2.05) is 12.1 Å². The summed E-state index contributed by atoms with van der Waals surface area (Å²) in [4.78, 5) is 0. The molecule has 0 aliphatic rings. The first kappa shape index (κ1) is 26.5. The van der Waals surface area contributed by atoms with Crippen LogP contribution < -0.4 is 4.72 Å². The van der Waals surface area contributed by atoms with Crippen molar-refractivity contribution in [3.8, 4) is 0 Å². The van der Waals surface area contributed by atoms with Crippen molar-refractivity contribution in [2.45, 2.75) is 102 Å². The molecule has 0 aliphatic heterocycles. The molecule has 0 saturated carbocycles. The average Bonchev–Trinajstić information content (AvgIpc) is 2.66. The first-order valence-electron chi connectivity index (χ1n) is 11.1. The summed E-state index contributed by atoms with van der Waals surface area (Å²) < 4.78 is 21.0. The predicted molar refractivity (Wildman–Crippen MR) is 130 cm³/mol. The number of unbranched alkanes of at least 4 members (excludes halogenated alkanes) is 3. The summed E-state index contributed by atoms with van der Waals surface area (Å²) in [6.45, 7) is 13.1. The quantitative estimate of drug-likeness (QED) is 0.257. The number of rotatable bonds is 13. The van der Waals surface area contributed by atoms with E-state index in [0.717, 1.165) is 5.02 Å². The summed E-state index contributed by atoms with van der Waals surface area (Å²) in [7, 11) is -1.07. The molecule has 5 heteroatoms. The Kier molecular flexibility index (Phi) is 12.2. The van der Waals surface area contributed by atoms with E-state index in [-0.39, 0.29) is 8.80 Å². The fourth-order valence-corrected chi connectivity index (χ4v) is 24.3. The molecule has 1 rings (SSSR count). The monoisotopic (exact) mass is 535 g/mol. The second-order valence-corrected chi connectivity index (χ2v) is 25.3. The van der Waals surface area contributed by atoms with Gasteiger partial charge < -0.3 is 0 Å². The van der Waals surface area contributed by atoms with Crippen molar-refractivity contribution in [1.82, 2.24) is 4.72 Å². The van der Waals surface area contributed by atoms with Gasteiger partial charge >= 0.3 is 187 Å². The van der Waals surface area contributed by atoms with Gasteiger partial charge in [-0.2, -0.15) is 0 Å². The molecule has 2 nitrogen and oxygen atoms in total. The van der Waals surface area contributed by atoms with E-state index in [9.17, 15) is 4.21 Å². The number of nitrogens with one attached hydrogen (secondary N) is 1. The number of hydrogen-bond acceptors (Lipinski definition) is 1. The fraction of sp³-hybridized carbons (Fsp3) is 0.739. The zero-order valence-electron chi connectivity index (χ0n) is 18.9. The van der Waals surface area contributed by atoms with Crippen LogP contribution in [0, 0.1) is 0 Å². The van der Waals surface area contributed by atoms with E-state index in [0.29, 0.717) is 0 Å². The van der Waals surface area contributed by atoms with E-state index in [1.54, 1.807) is 0 Å². The van der Waals surface area contributed by atoms with Gasteiger partial charge in [0.2, 0.25) is 0 Å². The molecule has 0 spiro atoms. The van der Waals surface area contributed by atoms with Crippen molar-refractivity contribution in [1.29, 1.82) is 0 Å². The van der Waals surface area contributed by atoms with Crippen LogP contribution in [0.3, 0.4) is 0 Å². The maximum atomic E-state index is 13.2. The molecule has 0 radical (unpaired) electrons. The van der Waals surface area contributed by atoms with Gasteiger partial charge in [0.15, 0.2) is 0 Å². The van der Waals surface area contributed by atoms with E-state index >= 15 is 0 Å². The summed E-state index contributed by atoms with van der Waals surface area (Å²) in [5.41, 5.74) is 1.31. The molecular formula is C23H42ClNOSSn. The Bertz CT molecular complexity index is 563. The summed E-state index contributed by atoms with van der Waals surface area (Å²) in [5, 5.41) is 0.774. The Morgan fingerprint density at radius 3 is 1.71 bits per heavy atom. The van der Waals surface area contributed by atoms with Crippen LogP contribution in [0.1, 0.15) is 89.7 Å². The minimum absolute atomic E-state index is 0.261. The minimum atomic E-state index is -2.69. The first-order chi connectivity index (χ1) is 13.2. The van der Waals surface area contributed by atoms with Crippen molar-refractivity contribution in [2.75, 3.05) is 0 Å². The van der Waals surface area contributed by atoms with Gasteiger partial charge in [0.05, 0.1) is 0 Å². The van der Waals surface area contributed by atoms with Crippen LogP contribution in [0.2, 0.25) is 18.3 Å². The third-order valence-corrected chi connectivity index (χ3v) is 24.5. The van der Waals surface area contributed by atoms with Gasteiger partial charge in [0, 0.05) is 0 Å².